The summed E-state index contributed by atoms with van der Waals surface area (Å²) in [6.07, 6.45) is 1.74. The Morgan fingerprint density at radius 3 is 2.31 bits per heavy atom. The van der Waals surface area contributed by atoms with E-state index in [1.807, 2.05) is 6.07 Å². The van der Waals surface area contributed by atoms with Crippen LogP contribution >= 0.6 is 0 Å². The van der Waals surface area contributed by atoms with Gasteiger partial charge in [0.15, 0.2) is 0 Å². The minimum Gasteiger partial charge on any atom is -0.462 e. The van der Waals surface area contributed by atoms with Crippen molar-refractivity contribution < 1.29 is 18.7 Å². The molecule has 0 saturated carbocycles. The van der Waals surface area contributed by atoms with E-state index in [9.17, 15) is 14.0 Å². The van der Waals surface area contributed by atoms with Gasteiger partial charge in [-0.15, -0.1) is 0 Å². The molecule has 5 heteroatoms. The molecular formula is C24H18FNO3. The summed E-state index contributed by atoms with van der Waals surface area (Å²) in [6.45, 7) is 1.93. The summed E-state index contributed by atoms with van der Waals surface area (Å²) in [5.41, 5.74) is 2.68. The lowest BCUT2D eigenvalue weighted by Gasteiger charge is -2.08. The molecule has 0 aliphatic carbocycles. The van der Waals surface area contributed by atoms with E-state index in [0.29, 0.717) is 33.5 Å². The Balaban J connectivity index is 2.08. The summed E-state index contributed by atoms with van der Waals surface area (Å²) in [4.78, 5) is 26.3. The fourth-order valence-electron chi connectivity index (χ4n) is 3.47. The van der Waals surface area contributed by atoms with Gasteiger partial charge in [-0.1, -0.05) is 48.5 Å². The van der Waals surface area contributed by atoms with E-state index >= 15 is 0 Å². The van der Waals surface area contributed by atoms with Crippen LogP contribution in [0.5, 0.6) is 0 Å². The number of carbonyl (C=O) groups is 2. The molecule has 4 rings (SSSR count). The lowest BCUT2D eigenvalue weighted by atomic mass is 9.96. The maximum Gasteiger partial charge on any atom is 0.340 e. The number of benzene rings is 2. The van der Waals surface area contributed by atoms with Crippen LogP contribution < -0.4 is 0 Å². The summed E-state index contributed by atoms with van der Waals surface area (Å²) < 4.78 is 20.5. The average Bonchev–Trinajstić information content (AvgIpc) is 3.10. The molecule has 0 saturated heterocycles. The number of hydrogen-bond acceptors (Lipinski definition) is 3. The molecule has 0 radical (unpaired) electrons. The zero-order chi connectivity index (χ0) is 20.4. The van der Waals surface area contributed by atoms with E-state index < -0.39 is 11.8 Å². The molecule has 144 valence electrons. The van der Waals surface area contributed by atoms with Gasteiger partial charge in [0.05, 0.1) is 17.7 Å². The second-order valence-corrected chi connectivity index (χ2v) is 6.48. The van der Waals surface area contributed by atoms with Crippen LogP contribution in [0.3, 0.4) is 0 Å². The maximum atomic E-state index is 13.5. The van der Waals surface area contributed by atoms with Gasteiger partial charge >= 0.3 is 5.97 Å². The van der Waals surface area contributed by atoms with E-state index in [0.717, 1.165) is 0 Å². The molecule has 2 aromatic carbocycles. The van der Waals surface area contributed by atoms with Gasteiger partial charge < -0.3 is 9.14 Å². The molecule has 29 heavy (non-hydrogen) atoms. The van der Waals surface area contributed by atoms with Crippen LogP contribution in [0.1, 0.15) is 33.3 Å². The van der Waals surface area contributed by atoms with Crippen molar-refractivity contribution in [1.82, 2.24) is 4.40 Å². The Morgan fingerprint density at radius 2 is 1.62 bits per heavy atom. The first-order chi connectivity index (χ1) is 14.1. The van der Waals surface area contributed by atoms with Crippen LogP contribution in [0.25, 0.3) is 16.6 Å². The Morgan fingerprint density at radius 1 is 0.931 bits per heavy atom. The highest BCUT2D eigenvalue weighted by molar-refractivity contribution is 6.18. The molecule has 0 fully saturated rings. The third kappa shape index (κ3) is 3.31. The monoisotopic (exact) mass is 387 g/mol. The largest absolute Gasteiger partial charge is 0.462 e. The molecule has 0 aliphatic heterocycles. The molecule has 0 atom stereocenters. The Hall–Kier alpha value is -3.73. The molecule has 0 aliphatic rings. The third-order valence-electron chi connectivity index (χ3n) is 4.71. The first-order valence-corrected chi connectivity index (χ1v) is 9.27. The van der Waals surface area contributed by atoms with Crippen molar-refractivity contribution in [3.63, 3.8) is 0 Å². The first-order valence-electron chi connectivity index (χ1n) is 9.27. The number of esters is 1. The first kappa shape index (κ1) is 18.6. The molecule has 2 heterocycles. The quantitative estimate of drug-likeness (QED) is 0.351. The highest BCUT2D eigenvalue weighted by Gasteiger charge is 2.29. The predicted octanol–water partition coefficient (Wildman–Crippen LogP) is 5.15. The number of carbonyl (C=O) groups excluding carboxylic acids is 2. The molecule has 0 unspecified atom stereocenters. The summed E-state index contributed by atoms with van der Waals surface area (Å²) in [6, 6.07) is 19.9. The second-order valence-electron chi connectivity index (χ2n) is 6.48. The van der Waals surface area contributed by atoms with Crippen molar-refractivity contribution in [2.24, 2.45) is 0 Å². The normalized spacial score (nSPS) is 10.8. The van der Waals surface area contributed by atoms with Gasteiger partial charge in [0.2, 0.25) is 5.78 Å². The fourth-order valence-corrected chi connectivity index (χ4v) is 3.47. The summed E-state index contributed by atoms with van der Waals surface area (Å²) in [5, 5.41) is 0. The van der Waals surface area contributed by atoms with Crippen LogP contribution in [0.15, 0.2) is 79.0 Å². The summed E-state index contributed by atoms with van der Waals surface area (Å²) in [5.74, 6) is -1.16. The van der Waals surface area contributed by atoms with Crippen molar-refractivity contribution in [1.29, 1.82) is 0 Å². The number of pyridine rings is 1. The molecule has 0 amide bonds. The topological polar surface area (TPSA) is 47.8 Å². The molecule has 4 nitrogen and oxygen atoms in total. The Labute approximate surface area is 167 Å². The number of rotatable bonds is 5. The van der Waals surface area contributed by atoms with Crippen LogP contribution in [0, 0.1) is 5.82 Å². The van der Waals surface area contributed by atoms with Crippen LogP contribution in [0.4, 0.5) is 4.39 Å². The van der Waals surface area contributed by atoms with Gasteiger partial charge in [-0.2, -0.15) is 0 Å². The number of hydrogen-bond donors (Lipinski definition) is 0. The fraction of sp³-hybridized carbons (Fsp3) is 0.0833. The SMILES string of the molecule is CCOC(=O)c1c(-c2ccc(F)cc2)c(C(=O)c2ccccc2)n2ccccc12. The number of ether oxygens (including phenoxy) is 1. The number of fused-ring (bicyclic) bond motifs is 1. The van der Waals surface area contributed by atoms with Gasteiger partial charge in [-0.25, -0.2) is 9.18 Å². The van der Waals surface area contributed by atoms with E-state index in [1.165, 1.54) is 12.1 Å². The minimum absolute atomic E-state index is 0.202. The number of ketones is 1. The molecular weight excluding hydrogens is 369 g/mol. The molecule has 0 N–H and O–H groups in total. The molecule has 0 spiro atoms. The van der Waals surface area contributed by atoms with E-state index in [2.05, 4.69) is 0 Å². The van der Waals surface area contributed by atoms with E-state index in [1.54, 1.807) is 72.1 Å². The highest BCUT2D eigenvalue weighted by Crippen LogP contribution is 2.35. The molecule has 2 aromatic heterocycles. The number of aromatic nitrogens is 1. The van der Waals surface area contributed by atoms with E-state index in [4.69, 9.17) is 4.74 Å². The van der Waals surface area contributed by atoms with Crippen molar-refractivity contribution >= 4 is 17.3 Å². The van der Waals surface area contributed by atoms with Crippen LogP contribution in [-0.2, 0) is 4.74 Å². The number of halogens is 1. The van der Waals surface area contributed by atoms with Gasteiger partial charge in [-0.05, 0) is 36.8 Å². The van der Waals surface area contributed by atoms with Crippen molar-refractivity contribution in [3.8, 4) is 11.1 Å². The van der Waals surface area contributed by atoms with Crippen LogP contribution in [0.2, 0.25) is 0 Å². The smallest absolute Gasteiger partial charge is 0.340 e. The van der Waals surface area contributed by atoms with Gasteiger partial charge in [0.1, 0.15) is 11.5 Å². The Bertz CT molecular complexity index is 1190. The lowest BCUT2D eigenvalue weighted by molar-refractivity contribution is 0.0529. The average molecular weight is 387 g/mol. The third-order valence-corrected chi connectivity index (χ3v) is 4.71. The zero-order valence-electron chi connectivity index (χ0n) is 15.8. The maximum absolute atomic E-state index is 13.5. The van der Waals surface area contributed by atoms with Crippen LogP contribution in [-0.4, -0.2) is 22.8 Å². The summed E-state index contributed by atoms with van der Waals surface area (Å²) in [7, 11) is 0. The lowest BCUT2D eigenvalue weighted by Crippen LogP contribution is -2.08. The number of nitrogens with zero attached hydrogens (tertiary/aromatic N) is 1. The minimum atomic E-state index is -0.525. The van der Waals surface area contributed by atoms with Crippen molar-refractivity contribution in [2.45, 2.75) is 6.92 Å². The standard InChI is InChI=1S/C24H18FNO3/c1-2-29-24(28)21-19-10-6-7-15-26(19)22(23(27)17-8-4-3-5-9-17)20(21)16-11-13-18(25)14-12-16/h3-15H,2H2,1H3. The van der Waals surface area contributed by atoms with Crippen molar-refractivity contribution in [3.05, 3.63) is 102 Å². The van der Waals surface area contributed by atoms with E-state index in [-0.39, 0.29) is 12.4 Å². The molecule has 4 aromatic rings. The second kappa shape index (κ2) is 7.72. The van der Waals surface area contributed by atoms with Gasteiger partial charge in [-0.3, -0.25) is 4.79 Å². The van der Waals surface area contributed by atoms with Crippen molar-refractivity contribution in [2.75, 3.05) is 6.61 Å². The predicted molar refractivity (Wildman–Crippen MR) is 109 cm³/mol. The molecule has 0 bridgehead atoms. The highest BCUT2D eigenvalue weighted by atomic mass is 19.1. The van der Waals surface area contributed by atoms with Gasteiger partial charge in [0, 0.05) is 17.3 Å². The van der Waals surface area contributed by atoms with Gasteiger partial charge in [0.25, 0.3) is 0 Å². The Kier molecular flexibility index (Phi) is 4.96. The summed E-state index contributed by atoms with van der Waals surface area (Å²) >= 11 is 0. The zero-order valence-corrected chi connectivity index (χ0v) is 15.8.